The molecular formula is C18H19N3OS. The molecule has 0 aliphatic heterocycles. The van der Waals surface area contributed by atoms with E-state index in [1.807, 2.05) is 31.3 Å². The smallest absolute Gasteiger partial charge is 0.261 e. The van der Waals surface area contributed by atoms with Crippen LogP contribution in [0.1, 0.15) is 40.9 Å². The third kappa shape index (κ3) is 3.27. The number of nitriles is 1. The highest BCUT2D eigenvalue weighted by Gasteiger charge is 2.34. The topological polar surface area (TPSA) is 65.8 Å². The normalized spacial score (nSPS) is 16.0. The fraction of sp³-hybridized carbons (Fsp3) is 0.389. The number of rotatable bonds is 4. The molecule has 4 nitrogen and oxygen atoms in total. The average molecular weight is 325 g/mol. The molecule has 1 fully saturated rings. The quantitative estimate of drug-likeness (QED) is 0.926. The molecule has 1 aliphatic carbocycles. The van der Waals surface area contributed by atoms with Crippen molar-refractivity contribution in [3.8, 4) is 16.5 Å². The second-order valence-corrected chi connectivity index (χ2v) is 7.22. The van der Waals surface area contributed by atoms with Crippen molar-refractivity contribution in [2.45, 2.75) is 32.6 Å². The molecule has 0 atom stereocenters. The van der Waals surface area contributed by atoms with Gasteiger partial charge in [-0.3, -0.25) is 9.78 Å². The molecule has 1 amide bonds. The lowest BCUT2D eigenvalue weighted by Gasteiger charge is -2.20. The van der Waals surface area contributed by atoms with E-state index in [2.05, 4.69) is 16.4 Å². The minimum absolute atomic E-state index is 0.0884. The van der Waals surface area contributed by atoms with Gasteiger partial charge in [0.2, 0.25) is 0 Å². The predicted molar refractivity (Wildman–Crippen MR) is 91.1 cm³/mol. The maximum atomic E-state index is 12.4. The van der Waals surface area contributed by atoms with Gasteiger partial charge in [-0.05, 0) is 49.1 Å². The Hall–Kier alpha value is -2.19. The van der Waals surface area contributed by atoms with E-state index in [0.29, 0.717) is 11.4 Å². The first-order valence-corrected chi connectivity index (χ1v) is 8.65. The lowest BCUT2D eigenvalue weighted by Crippen LogP contribution is -2.34. The molecule has 0 unspecified atom stereocenters. The number of thiophene rings is 1. The number of amides is 1. The highest BCUT2D eigenvalue weighted by Crippen LogP contribution is 2.37. The van der Waals surface area contributed by atoms with Crippen molar-refractivity contribution < 1.29 is 4.79 Å². The lowest BCUT2D eigenvalue weighted by molar-refractivity contribution is 0.0944. The Balaban J connectivity index is 1.70. The molecular weight excluding hydrogens is 306 g/mol. The van der Waals surface area contributed by atoms with Crippen LogP contribution >= 0.6 is 11.3 Å². The molecule has 0 radical (unpaired) electrons. The summed E-state index contributed by atoms with van der Waals surface area (Å²) in [7, 11) is 0. The van der Waals surface area contributed by atoms with Gasteiger partial charge >= 0.3 is 0 Å². The van der Waals surface area contributed by atoms with Gasteiger partial charge in [-0.1, -0.05) is 12.8 Å². The summed E-state index contributed by atoms with van der Waals surface area (Å²) in [6.07, 6.45) is 7.51. The van der Waals surface area contributed by atoms with Crippen molar-refractivity contribution in [3.05, 3.63) is 41.0 Å². The summed E-state index contributed by atoms with van der Waals surface area (Å²) in [5.74, 6) is -0.0884. The number of hydrogen-bond acceptors (Lipinski definition) is 4. The SMILES string of the molecule is Cc1cnccc1-c1ccc(C(=O)NCC2(C#N)CCCC2)s1. The summed E-state index contributed by atoms with van der Waals surface area (Å²) in [6, 6.07) is 8.19. The largest absolute Gasteiger partial charge is 0.350 e. The van der Waals surface area contributed by atoms with Crippen molar-refractivity contribution in [1.82, 2.24) is 10.3 Å². The zero-order valence-corrected chi connectivity index (χ0v) is 13.9. The molecule has 5 heteroatoms. The van der Waals surface area contributed by atoms with Crippen LogP contribution < -0.4 is 5.32 Å². The van der Waals surface area contributed by atoms with Crippen molar-refractivity contribution in [3.63, 3.8) is 0 Å². The van der Waals surface area contributed by atoms with E-state index >= 15 is 0 Å². The maximum Gasteiger partial charge on any atom is 0.261 e. The zero-order valence-electron chi connectivity index (χ0n) is 13.1. The average Bonchev–Trinajstić information content (AvgIpc) is 3.23. The molecule has 2 aromatic rings. The summed E-state index contributed by atoms with van der Waals surface area (Å²) in [5.41, 5.74) is 1.83. The van der Waals surface area contributed by atoms with Gasteiger partial charge in [0, 0.05) is 23.8 Å². The molecule has 0 saturated heterocycles. The first kappa shape index (κ1) is 15.7. The van der Waals surface area contributed by atoms with Gasteiger partial charge in [0.05, 0.1) is 16.4 Å². The Morgan fingerprint density at radius 2 is 2.17 bits per heavy atom. The number of carbonyl (C=O) groups is 1. The van der Waals surface area contributed by atoms with Gasteiger partial charge < -0.3 is 5.32 Å². The van der Waals surface area contributed by atoms with Crippen LogP contribution in [0.4, 0.5) is 0 Å². The van der Waals surface area contributed by atoms with Crippen LogP contribution in [0.2, 0.25) is 0 Å². The number of carbonyl (C=O) groups excluding carboxylic acids is 1. The lowest BCUT2D eigenvalue weighted by atomic mass is 9.88. The van der Waals surface area contributed by atoms with Crippen LogP contribution in [-0.2, 0) is 0 Å². The van der Waals surface area contributed by atoms with E-state index in [0.717, 1.165) is 41.7 Å². The fourth-order valence-corrected chi connectivity index (χ4v) is 4.08. The Morgan fingerprint density at radius 3 is 2.87 bits per heavy atom. The third-order valence-corrected chi connectivity index (χ3v) is 5.62. The van der Waals surface area contributed by atoms with E-state index < -0.39 is 0 Å². The van der Waals surface area contributed by atoms with E-state index in [-0.39, 0.29) is 11.3 Å². The van der Waals surface area contributed by atoms with E-state index in [1.165, 1.54) is 11.3 Å². The molecule has 0 aromatic carbocycles. The fourth-order valence-electron chi connectivity index (χ4n) is 3.07. The maximum absolute atomic E-state index is 12.4. The van der Waals surface area contributed by atoms with E-state index in [1.54, 1.807) is 6.20 Å². The van der Waals surface area contributed by atoms with Gasteiger partial charge in [0.15, 0.2) is 0 Å². The zero-order chi connectivity index (χ0) is 16.3. The second-order valence-electron chi connectivity index (χ2n) is 6.14. The molecule has 2 heterocycles. The van der Waals surface area contributed by atoms with Gasteiger partial charge in [-0.25, -0.2) is 0 Å². The Morgan fingerprint density at radius 1 is 1.39 bits per heavy atom. The number of pyridine rings is 1. The summed E-state index contributed by atoms with van der Waals surface area (Å²) in [6.45, 7) is 2.46. The molecule has 0 spiro atoms. The van der Waals surface area contributed by atoms with Crippen molar-refractivity contribution in [2.75, 3.05) is 6.54 Å². The first-order chi connectivity index (χ1) is 11.1. The number of nitrogens with zero attached hydrogens (tertiary/aromatic N) is 2. The van der Waals surface area contributed by atoms with Crippen molar-refractivity contribution in [1.29, 1.82) is 5.26 Å². The van der Waals surface area contributed by atoms with Crippen LogP contribution in [0.5, 0.6) is 0 Å². The first-order valence-electron chi connectivity index (χ1n) is 7.84. The molecule has 118 valence electrons. The standard InChI is InChI=1S/C18H19N3OS/c1-13-10-20-9-6-14(13)15-4-5-16(23-15)17(22)21-12-18(11-19)7-2-3-8-18/h4-6,9-10H,2-3,7-8,12H2,1H3,(H,21,22). The van der Waals surface area contributed by atoms with Crippen LogP contribution in [0, 0.1) is 23.7 Å². The van der Waals surface area contributed by atoms with Gasteiger partial charge in [0.1, 0.15) is 0 Å². The minimum atomic E-state index is -0.364. The summed E-state index contributed by atoms with van der Waals surface area (Å²) in [5, 5.41) is 12.3. The van der Waals surface area contributed by atoms with E-state index in [4.69, 9.17) is 0 Å². The van der Waals surface area contributed by atoms with Crippen LogP contribution in [-0.4, -0.2) is 17.4 Å². The van der Waals surface area contributed by atoms with E-state index in [9.17, 15) is 10.1 Å². The molecule has 0 bridgehead atoms. The van der Waals surface area contributed by atoms with Crippen molar-refractivity contribution >= 4 is 17.2 Å². The van der Waals surface area contributed by atoms with Crippen LogP contribution in [0.15, 0.2) is 30.6 Å². The van der Waals surface area contributed by atoms with Gasteiger partial charge in [-0.2, -0.15) is 5.26 Å². The third-order valence-electron chi connectivity index (χ3n) is 4.50. The highest BCUT2D eigenvalue weighted by atomic mass is 32.1. The van der Waals surface area contributed by atoms with Gasteiger partial charge in [-0.15, -0.1) is 11.3 Å². The number of aryl methyl sites for hydroxylation is 1. The molecule has 1 saturated carbocycles. The minimum Gasteiger partial charge on any atom is -0.350 e. The van der Waals surface area contributed by atoms with Gasteiger partial charge in [0.25, 0.3) is 5.91 Å². The Labute approximate surface area is 140 Å². The summed E-state index contributed by atoms with van der Waals surface area (Å²) >= 11 is 1.47. The van der Waals surface area contributed by atoms with Crippen molar-refractivity contribution in [2.24, 2.45) is 5.41 Å². The molecule has 2 aromatic heterocycles. The number of aromatic nitrogens is 1. The van der Waals surface area contributed by atoms with Crippen LogP contribution in [0.3, 0.4) is 0 Å². The molecule has 1 N–H and O–H groups in total. The molecule has 23 heavy (non-hydrogen) atoms. The van der Waals surface area contributed by atoms with Crippen LogP contribution in [0.25, 0.3) is 10.4 Å². The summed E-state index contributed by atoms with van der Waals surface area (Å²) < 4.78 is 0. The second kappa shape index (κ2) is 6.51. The number of nitrogens with one attached hydrogen (secondary N) is 1. The predicted octanol–water partition coefficient (Wildman–Crippen LogP) is 3.93. The molecule has 3 rings (SSSR count). The Kier molecular flexibility index (Phi) is 4.44. The summed E-state index contributed by atoms with van der Waals surface area (Å²) in [4.78, 5) is 18.2. The highest BCUT2D eigenvalue weighted by molar-refractivity contribution is 7.17. The monoisotopic (exact) mass is 325 g/mol. The Bertz CT molecular complexity index is 754. The number of hydrogen-bond donors (Lipinski definition) is 1. The molecule has 1 aliphatic rings.